The topological polar surface area (TPSA) is 49.4 Å². The zero-order valence-corrected chi connectivity index (χ0v) is 13.4. The molecule has 1 aromatic rings. The van der Waals surface area contributed by atoms with Crippen LogP contribution in [0.2, 0.25) is 0 Å². The summed E-state index contributed by atoms with van der Waals surface area (Å²) in [7, 11) is 0. The fourth-order valence-corrected chi connectivity index (χ4v) is 2.07. The highest BCUT2D eigenvalue weighted by Crippen LogP contribution is 2.23. The van der Waals surface area contributed by atoms with Gasteiger partial charge in [-0.05, 0) is 24.6 Å². The van der Waals surface area contributed by atoms with E-state index in [1.807, 2.05) is 25.1 Å². The van der Waals surface area contributed by atoms with Gasteiger partial charge in [-0.2, -0.15) is 0 Å². The molecule has 0 bridgehead atoms. The van der Waals surface area contributed by atoms with Crippen LogP contribution in [-0.4, -0.2) is 24.9 Å². The molecule has 0 aromatic heterocycles. The predicted octanol–water partition coefficient (Wildman–Crippen LogP) is 2.80. The van der Waals surface area contributed by atoms with Gasteiger partial charge in [-0.25, -0.2) is 0 Å². The monoisotopic (exact) mass is 338 g/mol. The summed E-state index contributed by atoms with van der Waals surface area (Å²) in [5.41, 5.74) is 1.88. The van der Waals surface area contributed by atoms with Gasteiger partial charge in [0.25, 0.3) is 0 Å². The van der Waals surface area contributed by atoms with Gasteiger partial charge in [0.05, 0.1) is 0 Å². The number of benzene rings is 1. The Labute approximate surface area is 128 Å². The number of anilines is 1. The maximum atomic E-state index is 11.7. The van der Waals surface area contributed by atoms with Crippen molar-refractivity contribution in [1.29, 1.82) is 0 Å². The Hall–Kier alpha value is -1.62. The Morgan fingerprint density at radius 3 is 2.70 bits per heavy atom. The highest BCUT2D eigenvalue weighted by molar-refractivity contribution is 9.10. The Kier molecular flexibility index (Phi) is 6.45. The number of aryl methyl sites for hydroxylation is 1. The van der Waals surface area contributed by atoms with Gasteiger partial charge in [-0.3, -0.25) is 9.59 Å². The van der Waals surface area contributed by atoms with Gasteiger partial charge in [0, 0.05) is 36.6 Å². The molecule has 1 rings (SSSR count). The summed E-state index contributed by atoms with van der Waals surface area (Å²) in [5.74, 6) is -0.181. The van der Waals surface area contributed by atoms with Crippen molar-refractivity contribution < 1.29 is 9.59 Å². The van der Waals surface area contributed by atoms with Gasteiger partial charge in [-0.1, -0.05) is 28.1 Å². The van der Waals surface area contributed by atoms with Crippen LogP contribution in [0.15, 0.2) is 35.3 Å². The predicted molar refractivity (Wildman–Crippen MR) is 84.7 cm³/mol. The van der Waals surface area contributed by atoms with E-state index in [0.717, 1.165) is 15.7 Å². The molecule has 1 aromatic carbocycles. The van der Waals surface area contributed by atoms with Crippen molar-refractivity contribution in [3.05, 3.63) is 40.9 Å². The average molecular weight is 339 g/mol. The number of halogens is 1. The highest BCUT2D eigenvalue weighted by atomic mass is 79.9. The first-order valence-electron chi connectivity index (χ1n) is 6.37. The van der Waals surface area contributed by atoms with Crippen LogP contribution >= 0.6 is 15.9 Å². The van der Waals surface area contributed by atoms with Crippen molar-refractivity contribution >= 4 is 33.4 Å². The number of hydrogen-bond acceptors (Lipinski definition) is 2. The van der Waals surface area contributed by atoms with Crippen molar-refractivity contribution in [2.75, 3.05) is 18.0 Å². The molecule has 0 aliphatic carbocycles. The van der Waals surface area contributed by atoms with Crippen molar-refractivity contribution in [2.45, 2.75) is 20.3 Å². The van der Waals surface area contributed by atoms with Gasteiger partial charge in [0.15, 0.2) is 0 Å². The Balaban J connectivity index is 2.74. The van der Waals surface area contributed by atoms with Gasteiger partial charge in [-0.15, -0.1) is 6.58 Å². The lowest BCUT2D eigenvalue weighted by Gasteiger charge is -2.21. The van der Waals surface area contributed by atoms with Gasteiger partial charge < -0.3 is 10.2 Å². The molecule has 0 spiro atoms. The molecule has 4 nitrogen and oxygen atoms in total. The molecule has 1 N–H and O–H groups in total. The minimum absolute atomic E-state index is 0.0859. The van der Waals surface area contributed by atoms with Crippen LogP contribution in [0, 0.1) is 6.92 Å². The molecule has 0 unspecified atom stereocenters. The second-order valence-corrected chi connectivity index (χ2v) is 5.30. The highest BCUT2D eigenvalue weighted by Gasteiger charge is 2.14. The van der Waals surface area contributed by atoms with Gasteiger partial charge >= 0.3 is 0 Å². The molecule has 0 heterocycles. The van der Waals surface area contributed by atoms with E-state index in [4.69, 9.17) is 0 Å². The van der Waals surface area contributed by atoms with Crippen molar-refractivity contribution in [3.63, 3.8) is 0 Å². The summed E-state index contributed by atoms with van der Waals surface area (Å²) in [6.45, 7) is 7.81. The van der Waals surface area contributed by atoms with Crippen molar-refractivity contribution in [2.24, 2.45) is 0 Å². The third-order valence-corrected chi connectivity index (χ3v) is 3.71. The molecule has 0 aliphatic heterocycles. The summed E-state index contributed by atoms with van der Waals surface area (Å²) >= 11 is 3.45. The maximum absolute atomic E-state index is 11.7. The molecule has 20 heavy (non-hydrogen) atoms. The second kappa shape index (κ2) is 7.85. The van der Waals surface area contributed by atoms with E-state index in [1.54, 1.807) is 11.0 Å². The molecule has 0 saturated carbocycles. The zero-order valence-electron chi connectivity index (χ0n) is 11.8. The Morgan fingerprint density at radius 1 is 1.45 bits per heavy atom. The van der Waals surface area contributed by atoms with E-state index in [1.165, 1.54) is 6.92 Å². The minimum Gasteiger partial charge on any atom is -0.353 e. The van der Waals surface area contributed by atoms with E-state index in [-0.39, 0.29) is 18.2 Å². The van der Waals surface area contributed by atoms with Crippen LogP contribution in [0.3, 0.4) is 0 Å². The number of nitrogens with zero attached hydrogens (tertiary/aromatic N) is 1. The summed E-state index contributed by atoms with van der Waals surface area (Å²) < 4.78 is 0.942. The van der Waals surface area contributed by atoms with Gasteiger partial charge in [0.2, 0.25) is 11.8 Å². The van der Waals surface area contributed by atoms with E-state index >= 15 is 0 Å². The molecule has 0 atom stereocenters. The largest absolute Gasteiger partial charge is 0.353 e. The first kappa shape index (κ1) is 16.4. The number of hydrogen-bond donors (Lipinski definition) is 1. The van der Waals surface area contributed by atoms with E-state index < -0.39 is 0 Å². The molecule has 0 aliphatic rings. The Morgan fingerprint density at radius 2 is 2.15 bits per heavy atom. The molecular weight excluding hydrogens is 320 g/mol. The second-order valence-electron chi connectivity index (χ2n) is 4.45. The molecule has 0 fully saturated rings. The standard InChI is InChI=1S/C15H19BrN2O2/c1-4-8-17-15(20)7-9-18(12(3)19)13-6-5-11(2)14(16)10-13/h4-6,10H,1,7-9H2,2-3H3,(H,17,20). The van der Waals surface area contributed by atoms with E-state index in [2.05, 4.69) is 27.8 Å². The summed E-state index contributed by atoms with van der Waals surface area (Å²) in [4.78, 5) is 24.9. The first-order valence-corrected chi connectivity index (χ1v) is 7.17. The summed E-state index contributed by atoms with van der Waals surface area (Å²) in [6, 6.07) is 5.70. The molecule has 0 radical (unpaired) electrons. The summed E-state index contributed by atoms with van der Waals surface area (Å²) in [5, 5.41) is 2.69. The molecule has 2 amide bonds. The number of carbonyl (C=O) groups is 2. The normalized spacial score (nSPS) is 9.95. The fraction of sp³-hybridized carbons (Fsp3) is 0.333. The van der Waals surface area contributed by atoms with Crippen LogP contribution < -0.4 is 10.2 Å². The molecular formula is C15H19BrN2O2. The summed E-state index contributed by atoms with van der Waals surface area (Å²) in [6.07, 6.45) is 1.89. The first-order chi connectivity index (χ1) is 9.45. The fourth-order valence-electron chi connectivity index (χ4n) is 1.71. The third-order valence-electron chi connectivity index (χ3n) is 2.85. The SMILES string of the molecule is C=CCNC(=O)CCN(C(C)=O)c1ccc(C)c(Br)c1. The Bertz CT molecular complexity index is 515. The lowest BCUT2D eigenvalue weighted by atomic mass is 10.2. The van der Waals surface area contributed by atoms with Crippen molar-refractivity contribution in [1.82, 2.24) is 5.32 Å². The van der Waals surface area contributed by atoms with E-state index in [9.17, 15) is 9.59 Å². The number of nitrogens with one attached hydrogen (secondary N) is 1. The maximum Gasteiger partial charge on any atom is 0.223 e. The van der Waals surface area contributed by atoms with Crippen LogP contribution in [0.1, 0.15) is 18.9 Å². The molecule has 0 saturated heterocycles. The average Bonchev–Trinajstić information content (AvgIpc) is 2.40. The van der Waals surface area contributed by atoms with Crippen LogP contribution in [0.25, 0.3) is 0 Å². The smallest absolute Gasteiger partial charge is 0.223 e. The minimum atomic E-state index is -0.0951. The van der Waals surface area contributed by atoms with Crippen molar-refractivity contribution in [3.8, 4) is 0 Å². The zero-order chi connectivity index (χ0) is 15.1. The van der Waals surface area contributed by atoms with Crippen LogP contribution in [0.5, 0.6) is 0 Å². The third kappa shape index (κ3) is 4.81. The number of rotatable bonds is 6. The van der Waals surface area contributed by atoms with Gasteiger partial charge in [0.1, 0.15) is 0 Å². The lowest BCUT2D eigenvalue weighted by Crippen LogP contribution is -2.33. The van der Waals surface area contributed by atoms with E-state index in [0.29, 0.717) is 13.1 Å². The van der Waals surface area contributed by atoms with Crippen LogP contribution in [0.4, 0.5) is 5.69 Å². The quantitative estimate of drug-likeness (QED) is 0.811. The molecule has 5 heteroatoms. The lowest BCUT2D eigenvalue weighted by molar-refractivity contribution is -0.120. The number of carbonyl (C=O) groups excluding carboxylic acids is 2. The number of amides is 2. The molecule has 108 valence electrons. The van der Waals surface area contributed by atoms with Crippen LogP contribution in [-0.2, 0) is 9.59 Å².